The van der Waals surface area contributed by atoms with Gasteiger partial charge in [0.05, 0.1) is 17.7 Å². The van der Waals surface area contributed by atoms with Gasteiger partial charge in [-0.25, -0.2) is 9.59 Å². The molecule has 0 radical (unpaired) electrons. The molecule has 0 spiro atoms. The standard InChI is InChI=1S/C12H12BrF3N2O3/c1-6(5-12(14,15)16)17-11(21)18-9-3-2-7(13)4-8(9)10(19)20/h2-4,6H,5H2,1H3,(H,19,20)(H2,17,18,21). The third kappa shape index (κ3) is 6.03. The van der Waals surface area contributed by atoms with Crippen molar-refractivity contribution < 1.29 is 27.9 Å². The summed E-state index contributed by atoms with van der Waals surface area (Å²) in [7, 11) is 0. The second-order valence-electron chi connectivity index (χ2n) is 4.31. The monoisotopic (exact) mass is 368 g/mol. The van der Waals surface area contributed by atoms with E-state index in [4.69, 9.17) is 5.11 Å². The molecule has 116 valence electrons. The van der Waals surface area contributed by atoms with E-state index in [1.54, 1.807) is 0 Å². The van der Waals surface area contributed by atoms with Crippen LogP contribution in [0.15, 0.2) is 22.7 Å². The van der Waals surface area contributed by atoms with Crippen molar-refractivity contribution in [1.82, 2.24) is 5.32 Å². The largest absolute Gasteiger partial charge is 0.478 e. The molecule has 0 aliphatic heterocycles. The van der Waals surface area contributed by atoms with Crippen molar-refractivity contribution in [2.45, 2.75) is 25.6 Å². The van der Waals surface area contributed by atoms with Crippen molar-refractivity contribution >= 4 is 33.6 Å². The second-order valence-corrected chi connectivity index (χ2v) is 5.23. The maximum atomic E-state index is 12.1. The molecule has 0 aliphatic rings. The van der Waals surface area contributed by atoms with E-state index >= 15 is 0 Å². The van der Waals surface area contributed by atoms with Crippen LogP contribution in [0.2, 0.25) is 0 Å². The van der Waals surface area contributed by atoms with Crippen LogP contribution in [0.4, 0.5) is 23.7 Å². The molecule has 9 heteroatoms. The molecule has 1 unspecified atom stereocenters. The van der Waals surface area contributed by atoms with Crippen LogP contribution in [-0.4, -0.2) is 29.3 Å². The molecule has 2 amide bonds. The topological polar surface area (TPSA) is 78.4 Å². The van der Waals surface area contributed by atoms with E-state index in [9.17, 15) is 22.8 Å². The zero-order chi connectivity index (χ0) is 16.2. The van der Waals surface area contributed by atoms with Crippen LogP contribution >= 0.6 is 15.9 Å². The highest BCUT2D eigenvalue weighted by atomic mass is 79.9. The van der Waals surface area contributed by atoms with Crippen molar-refractivity contribution in [1.29, 1.82) is 0 Å². The Morgan fingerprint density at radius 3 is 2.52 bits per heavy atom. The Kier molecular flexibility index (Phi) is 5.59. The number of carboxylic acid groups (broad SMARTS) is 1. The molecule has 0 fully saturated rings. The minimum atomic E-state index is -4.39. The van der Waals surface area contributed by atoms with Gasteiger partial charge < -0.3 is 15.7 Å². The summed E-state index contributed by atoms with van der Waals surface area (Å²) < 4.78 is 36.9. The number of alkyl halides is 3. The molecular formula is C12H12BrF3N2O3. The first-order valence-corrected chi connectivity index (χ1v) is 6.55. The predicted molar refractivity (Wildman–Crippen MR) is 73.4 cm³/mol. The van der Waals surface area contributed by atoms with Gasteiger partial charge >= 0.3 is 18.2 Å². The molecule has 3 N–H and O–H groups in total. The molecule has 0 heterocycles. The highest BCUT2D eigenvalue weighted by molar-refractivity contribution is 9.10. The normalized spacial score (nSPS) is 12.6. The number of benzene rings is 1. The predicted octanol–water partition coefficient (Wildman–Crippen LogP) is 3.61. The van der Waals surface area contributed by atoms with Crippen molar-refractivity contribution in [3.8, 4) is 0 Å². The van der Waals surface area contributed by atoms with Crippen molar-refractivity contribution in [3.05, 3.63) is 28.2 Å². The lowest BCUT2D eigenvalue weighted by atomic mass is 10.2. The molecule has 0 bridgehead atoms. The first kappa shape index (κ1) is 17.3. The van der Waals surface area contributed by atoms with E-state index in [0.717, 1.165) is 0 Å². The van der Waals surface area contributed by atoms with Crippen molar-refractivity contribution in [2.75, 3.05) is 5.32 Å². The molecule has 0 saturated carbocycles. The van der Waals surface area contributed by atoms with E-state index < -0.39 is 30.6 Å². The van der Waals surface area contributed by atoms with Gasteiger partial charge in [-0.3, -0.25) is 0 Å². The Balaban J connectivity index is 2.73. The third-order valence-electron chi connectivity index (χ3n) is 2.38. The summed E-state index contributed by atoms with van der Waals surface area (Å²) in [5.41, 5.74) is -0.189. The average molecular weight is 369 g/mol. The minimum Gasteiger partial charge on any atom is -0.478 e. The van der Waals surface area contributed by atoms with Gasteiger partial charge in [0.1, 0.15) is 0 Å². The summed E-state index contributed by atoms with van der Waals surface area (Å²) in [6, 6.07) is 2.07. The maximum Gasteiger partial charge on any atom is 0.391 e. The average Bonchev–Trinajstić information content (AvgIpc) is 2.28. The molecule has 0 aliphatic carbocycles. The smallest absolute Gasteiger partial charge is 0.391 e. The first-order chi connectivity index (χ1) is 9.58. The molecule has 0 saturated heterocycles. The molecular weight excluding hydrogens is 357 g/mol. The highest BCUT2D eigenvalue weighted by Gasteiger charge is 2.30. The van der Waals surface area contributed by atoms with Gasteiger partial charge in [-0.15, -0.1) is 0 Å². The number of carboxylic acids is 1. The van der Waals surface area contributed by atoms with Crippen molar-refractivity contribution in [2.24, 2.45) is 0 Å². The number of nitrogens with one attached hydrogen (secondary N) is 2. The number of halogens is 4. The highest BCUT2D eigenvalue weighted by Crippen LogP contribution is 2.22. The number of hydrogen-bond donors (Lipinski definition) is 3. The van der Waals surface area contributed by atoms with Crippen LogP contribution in [0.1, 0.15) is 23.7 Å². The Labute approximate surface area is 126 Å². The van der Waals surface area contributed by atoms with Gasteiger partial charge in [0.25, 0.3) is 0 Å². The second kappa shape index (κ2) is 6.79. The Morgan fingerprint density at radius 1 is 1.38 bits per heavy atom. The molecule has 0 aromatic heterocycles. The van der Waals surface area contributed by atoms with E-state index in [2.05, 4.69) is 26.6 Å². The van der Waals surface area contributed by atoms with Crippen LogP contribution < -0.4 is 10.6 Å². The molecule has 1 aromatic carbocycles. The number of hydrogen-bond acceptors (Lipinski definition) is 2. The quantitative estimate of drug-likeness (QED) is 0.759. The molecule has 21 heavy (non-hydrogen) atoms. The van der Waals surface area contributed by atoms with E-state index in [1.165, 1.54) is 25.1 Å². The fourth-order valence-electron chi connectivity index (χ4n) is 1.58. The number of carbonyl (C=O) groups is 2. The molecule has 1 aromatic rings. The van der Waals surface area contributed by atoms with Gasteiger partial charge in [0.15, 0.2) is 0 Å². The Bertz CT molecular complexity index is 549. The fraction of sp³-hybridized carbons (Fsp3) is 0.333. The molecule has 5 nitrogen and oxygen atoms in total. The molecule has 1 rings (SSSR count). The molecule has 1 atom stereocenters. The first-order valence-electron chi connectivity index (χ1n) is 5.75. The van der Waals surface area contributed by atoms with E-state index in [1.807, 2.05) is 0 Å². The van der Waals surface area contributed by atoms with Crippen LogP contribution in [0.3, 0.4) is 0 Å². The van der Waals surface area contributed by atoms with Gasteiger partial charge in [-0.2, -0.15) is 13.2 Å². The zero-order valence-electron chi connectivity index (χ0n) is 10.8. The summed E-state index contributed by atoms with van der Waals surface area (Å²) in [6.45, 7) is 1.20. The summed E-state index contributed by atoms with van der Waals surface area (Å²) in [5.74, 6) is -1.27. The lowest BCUT2D eigenvalue weighted by Crippen LogP contribution is -2.38. The number of anilines is 1. The third-order valence-corrected chi connectivity index (χ3v) is 2.87. The summed E-state index contributed by atoms with van der Waals surface area (Å²) in [6.07, 6.45) is -5.57. The Hall–Kier alpha value is -1.77. The number of urea groups is 1. The fourth-order valence-corrected chi connectivity index (χ4v) is 1.94. The van der Waals surface area contributed by atoms with Gasteiger partial charge in [-0.05, 0) is 25.1 Å². The van der Waals surface area contributed by atoms with Crippen LogP contribution in [0.25, 0.3) is 0 Å². The zero-order valence-corrected chi connectivity index (χ0v) is 12.4. The van der Waals surface area contributed by atoms with E-state index in [0.29, 0.717) is 4.47 Å². The van der Waals surface area contributed by atoms with Gasteiger partial charge in [0, 0.05) is 10.5 Å². The summed E-state index contributed by atoms with van der Waals surface area (Å²) in [4.78, 5) is 22.6. The number of amides is 2. The van der Waals surface area contributed by atoms with E-state index in [-0.39, 0.29) is 11.3 Å². The number of rotatable bonds is 4. The Morgan fingerprint density at radius 2 is 2.00 bits per heavy atom. The minimum absolute atomic E-state index is 0.0117. The number of carbonyl (C=O) groups excluding carboxylic acids is 1. The summed E-state index contributed by atoms with van der Waals surface area (Å²) in [5, 5.41) is 13.3. The van der Waals surface area contributed by atoms with Gasteiger partial charge in [0.2, 0.25) is 0 Å². The van der Waals surface area contributed by atoms with Crippen LogP contribution in [0, 0.1) is 0 Å². The van der Waals surface area contributed by atoms with Gasteiger partial charge in [-0.1, -0.05) is 15.9 Å². The maximum absolute atomic E-state index is 12.1. The van der Waals surface area contributed by atoms with Crippen LogP contribution in [-0.2, 0) is 0 Å². The van der Waals surface area contributed by atoms with Crippen molar-refractivity contribution in [3.63, 3.8) is 0 Å². The van der Waals surface area contributed by atoms with Crippen LogP contribution in [0.5, 0.6) is 0 Å². The SMILES string of the molecule is CC(CC(F)(F)F)NC(=O)Nc1ccc(Br)cc1C(=O)O. The summed E-state index contributed by atoms with van der Waals surface area (Å²) >= 11 is 3.09. The lowest BCUT2D eigenvalue weighted by molar-refractivity contribution is -0.138. The lowest BCUT2D eigenvalue weighted by Gasteiger charge is -2.17. The number of aromatic carboxylic acids is 1.